The predicted molar refractivity (Wildman–Crippen MR) is 82.4 cm³/mol. The smallest absolute Gasteiger partial charge is 0.248 e. The minimum Gasteiger partial charge on any atom is -0.378 e. The monoisotopic (exact) mass is 292 g/mol. The molecule has 1 aromatic heterocycles. The fourth-order valence-corrected chi connectivity index (χ4v) is 2.54. The summed E-state index contributed by atoms with van der Waals surface area (Å²) in [6.45, 7) is 5.03. The van der Waals surface area contributed by atoms with E-state index in [4.69, 9.17) is 16.2 Å². The summed E-state index contributed by atoms with van der Waals surface area (Å²) in [6, 6.07) is 3.49. The van der Waals surface area contributed by atoms with Gasteiger partial charge in [0.05, 0.1) is 6.10 Å². The van der Waals surface area contributed by atoms with Crippen molar-refractivity contribution in [3.05, 3.63) is 23.4 Å². The van der Waals surface area contributed by atoms with Crippen molar-refractivity contribution < 1.29 is 9.53 Å². The van der Waals surface area contributed by atoms with Crippen molar-refractivity contribution in [1.82, 2.24) is 4.98 Å². The van der Waals surface area contributed by atoms with Crippen LogP contribution in [0.15, 0.2) is 12.1 Å². The number of piperidine rings is 1. The lowest BCUT2D eigenvalue weighted by Gasteiger charge is -2.33. The summed E-state index contributed by atoms with van der Waals surface area (Å²) in [7, 11) is 0. The quantitative estimate of drug-likeness (QED) is 0.757. The molecule has 2 heterocycles. The second kappa shape index (κ2) is 7.38. The fraction of sp³-hybridized carbons (Fsp3) is 0.600. The number of aryl methyl sites for hydroxylation is 1. The van der Waals surface area contributed by atoms with Gasteiger partial charge in [-0.05, 0) is 44.9 Å². The van der Waals surface area contributed by atoms with Crippen LogP contribution in [0.5, 0.6) is 0 Å². The van der Waals surface area contributed by atoms with Crippen molar-refractivity contribution >= 4 is 11.7 Å². The Morgan fingerprint density at radius 1 is 1.43 bits per heavy atom. The normalized spacial score (nSPS) is 16.2. The van der Waals surface area contributed by atoms with Gasteiger partial charge in [0.25, 0.3) is 0 Å². The zero-order chi connectivity index (χ0) is 15.2. The van der Waals surface area contributed by atoms with Crippen LogP contribution in [-0.2, 0) is 4.74 Å². The van der Waals surface area contributed by atoms with Gasteiger partial charge < -0.3 is 21.1 Å². The number of primary amides is 1. The Balaban J connectivity index is 1.94. The molecule has 0 aliphatic carbocycles. The molecule has 1 amide bonds. The van der Waals surface area contributed by atoms with E-state index in [0.29, 0.717) is 18.2 Å². The van der Waals surface area contributed by atoms with Crippen LogP contribution in [0.3, 0.4) is 0 Å². The van der Waals surface area contributed by atoms with Crippen LogP contribution in [-0.4, -0.2) is 43.2 Å². The number of ether oxygens (including phenoxy) is 1. The maximum Gasteiger partial charge on any atom is 0.248 e. The number of amides is 1. The predicted octanol–water partition coefficient (Wildman–Crippen LogP) is 0.823. The molecule has 0 unspecified atom stereocenters. The largest absolute Gasteiger partial charge is 0.378 e. The van der Waals surface area contributed by atoms with E-state index in [2.05, 4.69) is 9.88 Å². The van der Waals surface area contributed by atoms with Crippen molar-refractivity contribution in [2.45, 2.75) is 32.3 Å². The number of anilines is 1. The average molecular weight is 292 g/mol. The highest BCUT2D eigenvalue weighted by molar-refractivity contribution is 5.93. The molecule has 6 nitrogen and oxygen atoms in total. The van der Waals surface area contributed by atoms with Gasteiger partial charge in [0.1, 0.15) is 5.82 Å². The van der Waals surface area contributed by atoms with E-state index in [1.165, 1.54) is 0 Å². The van der Waals surface area contributed by atoms with E-state index in [0.717, 1.165) is 50.5 Å². The molecule has 0 atom stereocenters. The third-order valence-electron chi connectivity index (χ3n) is 3.69. The van der Waals surface area contributed by atoms with Crippen LogP contribution in [0.4, 0.5) is 5.82 Å². The van der Waals surface area contributed by atoms with Crippen LogP contribution in [0.25, 0.3) is 0 Å². The molecule has 0 saturated carbocycles. The molecule has 0 bridgehead atoms. The molecule has 2 rings (SSSR count). The lowest BCUT2D eigenvalue weighted by Crippen LogP contribution is -2.38. The van der Waals surface area contributed by atoms with E-state index >= 15 is 0 Å². The molecule has 1 saturated heterocycles. The zero-order valence-electron chi connectivity index (χ0n) is 12.5. The topological polar surface area (TPSA) is 94.5 Å². The van der Waals surface area contributed by atoms with Gasteiger partial charge >= 0.3 is 0 Å². The van der Waals surface area contributed by atoms with Gasteiger partial charge in [-0.25, -0.2) is 4.98 Å². The lowest BCUT2D eigenvalue weighted by molar-refractivity contribution is 0.0365. The van der Waals surface area contributed by atoms with Crippen molar-refractivity contribution in [1.29, 1.82) is 0 Å². The Bertz CT molecular complexity index is 485. The standard InChI is InChI=1S/C15H24N4O2/c1-11-9-12(15(17)20)10-14(18-11)19-6-3-13(4-7-19)21-8-2-5-16/h9-10,13H,2-8,16H2,1H3,(H2,17,20). The van der Waals surface area contributed by atoms with Gasteiger partial charge in [-0.2, -0.15) is 0 Å². The number of carbonyl (C=O) groups is 1. The molecule has 6 heteroatoms. The lowest BCUT2D eigenvalue weighted by atomic mass is 10.1. The Hall–Kier alpha value is -1.66. The van der Waals surface area contributed by atoms with Gasteiger partial charge in [0.2, 0.25) is 5.91 Å². The van der Waals surface area contributed by atoms with Crippen molar-refractivity contribution in [2.75, 3.05) is 31.1 Å². The minimum absolute atomic E-state index is 0.299. The number of rotatable bonds is 6. The molecule has 4 N–H and O–H groups in total. The minimum atomic E-state index is -0.415. The van der Waals surface area contributed by atoms with Gasteiger partial charge in [-0.3, -0.25) is 4.79 Å². The van der Waals surface area contributed by atoms with E-state index in [9.17, 15) is 4.79 Å². The van der Waals surface area contributed by atoms with Gasteiger partial charge in [0.15, 0.2) is 0 Å². The van der Waals surface area contributed by atoms with Crippen molar-refractivity contribution in [3.63, 3.8) is 0 Å². The summed E-state index contributed by atoms with van der Waals surface area (Å²) in [6.07, 6.45) is 3.13. The van der Waals surface area contributed by atoms with Crippen LogP contribution >= 0.6 is 0 Å². The molecular formula is C15H24N4O2. The maximum atomic E-state index is 11.3. The number of aromatic nitrogens is 1. The zero-order valence-corrected chi connectivity index (χ0v) is 12.5. The third kappa shape index (κ3) is 4.41. The van der Waals surface area contributed by atoms with Crippen LogP contribution < -0.4 is 16.4 Å². The molecule has 0 spiro atoms. The molecule has 0 aromatic carbocycles. The first-order chi connectivity index (χ1) is 10.1. The highest BCUT2D eigenvalue weighted by Gasteiger charge is 2.21. The highest BCUT2D eigenvalue weighted by Crippen LogP contribution is 2.21. The number of nitrogens with two attached hydrogens (primary N) is 2. The first kappa shape index (κ1) is 15.7. The Labute approximate surface area is 125 Å². The Kier molecular flexibility index (Phi) is 5.52. The Morgan fingerprint density at radius 2 is 2.14 bits per heavy atom. The first-order valence-corrected chi connectivity index (χ1v) is 7.45. The number of pyridine rings is 1. The summed E-state index contributed by atoms with van der Waals surface area (Å²) < 4.78 is 5.79. The van der Waals surface area contributed by atoms with Crippen LogP contribution in [0.1, 0.15) is 35.3 Å². The van der Waals surface area contributed by atoms with Gasteiger partial charge in [-0.1, -0.05) is 0 Å². The second-order valence-corrected chi connectivity index (χ2v) is 5.42. The number of nitrogens with zero attached hydrogens (tertiary/aromatic N) is 2. The second-order valence-electron chi connectivity index (χ2n) is 5.42. The Morgan fingerprint density at radius 3 is 2.76 bits per heavy atom. The summed E-state index contributed by atoms with van der Waals surface area (Å²) in [5.74, 6) is 0.408. The molecule has 1 aliphatic heterocycles. The molecule has 116 valence electrons. The summed E-state index contributed by atoms with van der Waals surface area (Å²) in [5, 5.41) is 0. The van der Waals surface area contributed by atoms with E-state index in [1.807, 2.05) is 6.92 Å². The van der Waals surface area contributed by atoms with Gasteiger partial charge in [0, 0.05) is 31.0 Å². The number of carbonyl (C=O) groups excluding carboxylic acids is 1. The first-order valence-electron chi connectivity index (χ1n) is 7.45. The fourth-order valence-electron chi connectivity index (χ4n) is 2.54. The molecule has 1 fully saturated rings. The molecule has 1 aromatic rings. The molecule has 0 radical (unpaired) electrons. The average Bonchev–Trinajstić information content (AvgIpc) is 2.47. The van der Waals surface area contributed by atoms with E-state index in [-0.39, 0.29) is 0 Å². The van der Waals surface area contributed by atoms with Crippen LogP contribution in [0.2, 0.25) is 0 Å². The summed E-state index contributed by atoms with van der Waals surface area (Å²) >= 11 is 0. The van der Waals surface area contributed by atoms with Crippen molar-refractivity contribution in [2.24, 2.45) is 11.5 Å². The summed E-state index contributed by atoms with van der Waals surface area (Å²) in [4.78, 5) is 18.0. The van der Waals surface area contributed by atoms with E-state index < -0.39 is 5.91 Å². The third-order valence-corrected chi connectivity index (χ3v) is 3.69. The number of hydrogen-bond donors (Lipinski definition) is 2. The van der Waals surface area contributed by atoms with Crippen molar-refractivity contribution in [3.8, 4) is 0 Å². The highest BCUT2D eigenvalue weighted by atomic mass is 16.5. The number of hydrogen-bond acceptors (Lipinski definition) is 5. The van der Waals surface area contributed by atoms with Gasteiger partial charge in [-0.15, -0.1) is 0 Å². The molecular weight excluding hydrogens is 268 g/mol. The molecule has 21 heavy (non-hydrogen) atoms. The maximum absolute atomic E-state index is 11.3. The molecule has 1 aliphatic rings. The summed E-state index contributed by atoms with van der Waals surface area (Å²) in [5.41, 5.74) is 12.1. The SMILES string of the molecule is Cc1cc(C(N)=O)cc(N2CCC(OCCCN)CC2)n1. The van der Waals surface area contributed by atoms with Crippen LogP contribution in [0, 0.1) is 6.92 Å². The van der Waals surface area contributed by atoms with E-state index in [1.54, 1.807) is 12.1 Å².